The Kier molecular flexibility index (Phi) is 7.69. The summed E-state index contributed by atoms with van der Waals surface area (Å²) in [7, 11) is 0. The molecule has 0 aliphatic rings. The molecule has 1 unspecified atom stereocenters. The highest BCUT2D eigenvalue weighted by molar-refractivity contribution is 5.65. The third kappa shape index (κ3) is 6.96. The molecule has 0 radical (unpaired) electrons. The van der Waals surface area contributed by atoms with Gasteiger partial charge in [0.15, 0.2) is 0 Å². The van der Waals surface area contributed by atoms with Crippen molar-refractivity contribution in [2.75, 3.05) is 13.1 Å². The predicted molar refractivity (Wildman–Crippen MR) is 98.7 cm³/mol. The van der Waals surface area contributed by atoms with Gasteiger partial charge in [-0.3, -0.25) is 0 Å². The van der Waals surface area contributed by atoms with E-state index in [-0.39, 0.29) is 24.4 Å². The minimum atomic E-state index is -1.31. The number of hydrogen-bond donors (Lipinski definition) is 4. The highest BCUT2D eigenvalue weighted by Gasteiger charge is 2.22. The summed E-state index contributed by atoms with van der Waals surface area (Å²) in [5, 5.41) is 24.7. The van der Waals surface area contributed by atoms with Crippen molar-refractivity contribution >= 4 is 6.09 Å². The van der Waals surface area contributed by atoms with E-state index in [1.165, 1.54) is 0 Å². The third-order valence-corrected chi connectivity index (χ3v) is 4.32. The zero-order valence-electron chi connectivity index (χ0n) is 15.0. The number of halogens is 2. The third-order valence-electron chi connectivity index (χ3n) is 4.32. The Morgan fingerprint density at radius 2 is 1.70 bits per heavy atom. The number of nitrogens with one attached hydrogen (secondary N) is 2. The number of hydrogen-bond acceptors (Lipinski definition) is 3. The van der Waals surface area contributed by atoms with Crippen LogP contribution in [0.5, 0.6) is 0 Å². The maximum absolute atomic E-state index is 13.3. The van der Waals surface area contributed by atoms with Gasteiger partial charge in [0, 0.05) is 19.2 Å². The van der Waals surface area contributed by atoms with Gasteiger partial charge in [-0.1, -0.05) is 37.3 Å². The Bertz CT molecular complexity index is 723. The quantitative estimate of drug-likeness (QED) is 0.541. The Labute approximate surface area is 157 Å². The summed E-state index contributed by atoms with van der Waals surface area (Å²) in [6.45, 7) is 2.77. The first-order valence-electron chi connectivity index (χ1n) is 8.73. The first-order chi connectivity index (χ1) is 12.8. The molecule has 2 aromatic carbocycles. The summed E-state index contributed by atoms with van der Waals surface area (Å²) in [4.78, 5) is 11.0. The number of carbonyl (C=O) groups is 1. The largest absolute Gasteiger partial charge is 0.465 e. The first kappa shape index (κ1) is 20.8. The molecule has 0 heterocycles. The van der Waals surface area contributed by atoms with Crippen molar-refractivity contribution < 1.29 is 23.8 Å². The van der Waals surface area contributed by atoms with Crippen LogP contribution in [-0.4, -0.2) is 41.5 Å². The van der Waals surface area contributed by atoms with Gasteiger partial charge < -0.3 is 20.8 Å². The smallest absolute Gasteiger partial charge is 0.404 e. The van der Waals surface area contributed by atoms with Crippen molar-refractivity contribution in [1.82, 2.24) is 10.6 Å². The van der Waals surface area contributed by atoms with Crippen LogP contribution in [0.4, 0.5) is 13.6 Å². The molecule has 2 rings (SSSR count). The van der Waals surface area contributed by atoms with Gasteiger partial charge in [-0.15, -0.1) is 0 Å². The van der Waals surface area contributed by atoms with Crippen LogP contribution in [0.25, 0.3) is 0 Å². The molecular formula is C20H24F2N2O3. The van der Waals surface area contributed by atoms with E-state index in [4.69, 9.17) is 5.11 Å². The van der Waals surface area contributed by atoms with Crippen molar-refractivity contribution in [3.63, 3.8) is 0 Å². The molecule has 0 bridgehead atoms. The molecule has 146 valence electrons. The molecule has 7 heteroatoms. The second kappa shape index (κ2) is 9.99. The Morgan fingerprint density at radius 3 is 2.30 bits per heavy atom. The normalized spacial score (nSPS) is 14.4. The van der Waals surface area contributed by atoms with Crippen molar-refractivity contribution in [3.8, 4) is 0 Å². The van der Waals surface area contributed by atoms with E-state index in [1.54, 1.807) is 0 Å². The van der Waals surface area contributed by atoms with E-state index in [0.717, 1.165) is 23.8 Å². The number of rotatable bonds is 9. The summed E-state index contributed by atoms with van der Waals surface area (Å²) in [6, 6.07) is 11.9. The summed E-state index contributed by atoms with van der Waals surface area (Å²) < 4.78 is 26.7. The van der Waals surface area contributed by atoms with Gasteiger partial charge in [0.05, 0.1) is 12.1 Å². The van der Waals surface area contributed by atoms with Crippen LogP contribution in [0.1, 0.15) is 24.0 Å². The van der Waals surface area contributed by atoms with Gasteiger partial charge in [0.2, 0.25) is 0 Å². The Balaban J connectivity index is 1.93. The number of carboxylic acid groups (broad SMARTS) is 1. The molecule has 0 saturated carbocycles. The standard InChI is InChI=1S/C20H24F2N2O3/c1-13(15-5-3-2-4-6-15)11-23-12-19(25)18(24-20(26)27)9-14-7-16(21)10-17(22)8-14/h2-8,10,13,18-19,23-25H,9,11-12H2,1H3,(H,26,27)/t13?,18-,19-/m0/s1. The summed E-state index contributed by atoms with van der Waals surface area (Å²) >= 11 is 0. The molecule has 0 saturated heterocycles. The van der Waals surface area contributed by atoms with E-state index >= 15 is 0 Å². The van der Waals surface area contributed by atoms with Crippen LogP contribution in [0.3, 0.4) is 0 Å². The lowest BCUT2D eigenvalue weighted by atomic mass is 9.99. The molecule has 2 aromatic rings. The minimum absolute atomic E-state index is 0.0297. The number of aliphatic hydroxyl groups excluding tert-OH is 1. The molecule has 5 nitrogen and oxygen atoms in total. The second-order valence-corrected chi connectivity index (χ2v) is 6.58. The van der Waals surface area contributed by atoms with Crippen molar-refractivity contribution in [1.29, 1.82) is 0 Å². The fourth-order valence-electron chi connectivity index (χ4n) is 2.91. The van der Waals surface area contributed by atoms with Gasteiger partial charge in [0.1, 0.15) is 11.6 Å². The van der Waals surface area contributed by atoms with Crippen LogP contribution in [0.15, 0.2) is 48.5 Å². The molecule has 0 aliphatic carbocycles. The topological polar surface area (TPSA) is 81.6 Å². The van der Waals surface area contributed by atoms with Crippen LogP contribution >= 0.6 is 0 Å². The van der Waals surface area contributed by atoms with E-state index in [1.807, 2.05) is 37.3 Å². The highest BCUT2D eigenvalue weighted by atomic mass is 19.1. The van der Waals surface area contributed by atoms with Crippen molar-refractivity contribution in [2.24, 2.45) is 0 Å². The lowest BCUT2D eigenvalue weighted by Crippen LogP contribution is -2.48. The second-order valence-electron chi connectivity index (χ2n) is 6.58. The van der Waals surface area contributed by atoms with E-state index < -0.39 is 29.9 Å². The molecule has 0 aliphatic heterocycles. The van der Waals surface area contributed by atoms with Crippen LogP contribution < -0.4 is 10.6 Å². The monoisotopic (exact) mass is 378 g/mol. The minimum Gasteiger partial charge on any atom is -0.465 e. The lowest BCUT2D eigenvalue weighted by molar-refractivity contribution is 0.117. The fourth-order valence-corrected chi connectivity index (χ4v) is 2.91. The van der Waals surface area contributed by atoms with Gasteiger partial charge in [-0.05, 0) is 35.6 Å². The zero-order valence-corrected chi connectivity index (χ0v) is 15.0. The Hall–Kier alpha value is -2.51. The van der Waals surface area contributed by atoms with Gasteiger partial charge in [-0.2, -0.15) is 0 Å². The van der Waals surface area contributed by atoms with E-state index in [2.05, 4.69) is 10.6 Å². The average molecular weight is 378 g/mol. The summed E-state index contributed by atoms with van der Waals surface area (Å²) in [5.41, 5.74) is 1.41. The van der Waals surface area contributed by atoms with Gasteiger partial charge in [0.25, 0.3) is 0 Å². The first-order valence-corrected chi connectivity index (χ1v) is 8.73. The van der Waals surface area contributed by atoms with Crippen molar-refractivity contribution in [2.45, 2.75) is 31.4 Å². The van der Waals surface area contributed by atoms with Gasteiger partial charge in [-0.25, -0.2) is 13.6 Å². The van der Waals surface area contributed by atoms with Gasteiger partial charge >= 0.3 is 6.09 Å². The van der Waals surface area contributed by atoms with Crippen molar-refractivity contribution in [3.05, 3.63) is 71.3 Å². The number of amides is 1. The average Bonchev–Trinajstić information content (AvgIpc) is 2.60. The Morgan fingerprint density at radius 1 is 1.07 bits per heavy atom. The molecule has 0 fully saturated rings. The molecule has 0 spiro atoms. The molecule has 3 atom stereocenters. The molecule has 1 amide bonds. The number of benzene rings is 2. The van der Waals surface area contributed by atoms with Crippen LogP contribution in [-0.2, 0) is 6.42 Å². The summed E-state index contributed by atoms with van der Waals surface area (Å²) in [6.07, 6.45) is -2.40. The number of aliphatic hydroxyl groups is 1. The molecule has 27 heavy (non-hydrogen) atoms. The lowest BCUT2D eigenvalue weighted by Gasteiger charge is -2.24. The summed E-state index contributed by atoms with van der Waals surface area (Å²) in [5.74, 6) is -1.28. The molecular weight excluding hydrogens is 354 g/mol. The fraction of sp³-hybridized carbons (Fsp3) is 0.350. The zero-order chi connectivity index (χ0) is 19.8. The maximum Gasteiger partial charge on any atom is 0.404 e. The predicted octanol–water partition coefficient (Wildman–Crippen LogP) is 2.90. The molecule has 0 aromatic heterocycles. The SMILES string of the molecule is CC(CNC[C@H](O)[C@H](Cc1cc(F)cc(F)c1)NC(=O)O)c1ccccc1. The highest BCUT2D eigenvalue weighted by Crippen LogP contribution is 2.14. The maximum atomic E-state index is 13.3. The van der Waals surface area contributed by atoms with Crippen LogP contribution in [0, 0.1) is 11.6 Å². The van der Waals surface area contributed by atoms with Crippen LogP contribution in [0.2, 0.25) is 0 Å². The van der Waals surface area contributed by atoms with E-state index in [0.29, 0.717) is 6.54 Å². The molecule has 4 N–H and O–H groups in total. The van der Waals surface area contributed by atoms with E-state index in [9.17, 15) is 18.7 Å².